The minimum absolute atomic E-state index is 0.166. The highest BCUT2D eigenvalue weighted by atomic mass is 32.2. The van der Waals surface area contributed by atoms with E-state index in [4.69, 9.17) is 4.42 Å². The summed E-state index contributed by atoms with van der Waals surface area (Å²) in [6.45, 7) is 1.67. The van der Waals surface area contributed by atoms with Crippen LogP contribution < -0.4 is 11.2 Å². The predicted octanol–water partition coefficient (Wildman–Crippen LogP) is 2.79. The van der Waals surface area contributed by atoms with Crippen molar-refractivity contribution in [2.45, 2.75) is 24.3 Å². The van der Waals surface area contributed by atoms with Gasteiger partial charge in [0, 0.05) is 17.0 Å². The molecule has 8 heteroatoms. The Labute approximate surface area is 157 Å². The van der Waals surface area contributed by atoms with Crippen LogP contribution >= 0.6 is 11.8 Å². The maximum absolute atomic E-state index is 11.9. The summed E-state index contributed by atoms with van der Waals surface area (Å²) in [7, 11) is 0. The number of aromatic amines is 2. The molecule has 2 heterocycles. The molecular weight excluding hydrogens is 364 g/mol. The van der Waals surface area contributed by atoms with E-state index in [2.05, 4.69) is 44.4 Å². The van der Waals surface area contributed by atoms with E-state index in [0.717, 1.165) is 0 Å². The second-order valence-corrected chi connectivity index (χ2v) is 7.00. The van der Waals surface area contributed by atoms with Crippen molar-refractivity contribution in [3.05, 3.63) is 86.0 Å². The standard InChI is InChI=1S/C19H16N4O3S/c1-11-15(17(24)21-18(25)20-11)9-16-22-23-19(26-16)27-10-13-7-4-6-12-5-2-3-8-14(12)13/h2-8H,9-10H2,1H3,(H2,20,21,24,25). The van der Waals surface area contributed by atoms with E-state index in [-0.39, 0.29) is 6.42 Å². The zero-order valence-corrected chi connectivity index (χ0v) is 15.3. The molecule has 0 saturated heterocycles. The van der Waals surface area contributed by atoms with E-state index in [1.165, 1.54) is 28.1 Å². The lowest BCUT2D eigenvalue weighted by atomic mass is 10.1. The third-order valence-corrected chi connectivity index (χ3v) is 5.13. The molecule has 2 aromatic carbocycles. The lowest BCUT2D eigenvalue weighted by molar-refractivity contribution is 0.419. The predicted molar refractivity (Wildman–Crippen MR) is 103 cm³/mol. The van der Waals surface area contributed by atoms with Crippen molar-refractivity contribution in [3.63, 3.8) is 0 Å². The molecule has 0 atom stereocenters. The van der Waals surface area contributed by atoms with Gasteiger partial charge in [0.05, 0.1) is 6.42 Å². The molecule has 27 heavy (non-hydrogen) atoms. The molecular formula is C19H16N4O3S. The van der Waals surface area contributed by atoms with Crippen molar-refractivity contribution < 1.29 is 4.42 Å². The molecule has 4 rings (SSSR count). The third-order valence-electron chi connectivity index (χ3n) is 4.26. The number of aromatic nitrogens is 4. The monoisotopic (exact) mass is 380 g/mol. The average Bonchev–Trinajstić information content (AvgIpc) is 3.10. The Balaban J connectivity index is 1.50. The van der Waals surface area contributed by atoms with Gasteiger partial charge in [-0.25, -0.2) is 4.79 Å². The van der Waals surface area contributed by atoms with Gasteiger partial charge >= 0.3 is 5.69 Å². The van der Waals surface area contributed by atoms with Crippen LogP contribution in [0.4, 0.5) is 0 Å². The van der Waals surface area contributed by atoms with Gasteiger partial charge in [-0.3, -0.25) is 9.78 Å². The number of benzene rings is 2. The van der Waals surface area contributed by atoms with Gasteiger partial charge in [0.15, 0.2) is 0 Å². The van der Waals surface area contributed by atoms with Crippen molar-refractivity contribution in [2.24, 2.45) is 0 Å². The first-order valence-corrected chi connectivity index (χ1v) is 9.32. The Morgan fingerprint density at radius 3 is 2.70 bits per heavy atom. The molecule has 0 fully saturated rings. The highest BCUT2D eigenvalue weighted by Crippen LogP contribution is 2.26. The minimum Gasteiger partial charge on any atom is -0.416 e. The molecule has 0 spiro atoms. The molecule has 4 aromatic rings. The fourth-order valence-electron chi connectivity index (χ4n) is 2.92. The Bertz CT molecular complexity index is 1220. The fraction of sp³-hybridized carbons (Fsp3) is 0.158. The van der Waals surface area contributed by atoms with Crippen LogP contribution in [-0.4, -0.2) is 20.2 Å². The Morgan fingerprint density at radius 1 is 1.04 bits per heavy atom. The zero-order chi connectivity index (χ0) is 18.8. The SMILES string of the molecule is Cc1[nH]c(=O)[nH]c(=O)c1Cc1nnc(SCc2cccc3ccccc23)o1. The van der Waals surface area contributed by atoms with Gasteiger partial charge < -0.3 is 9.40 Å². The third kappa shape index (κ3) is 3.70. The lowest BCUT2D eigenvalue weighted by Crippen LogP contribution is -2.27. The maximum atomic E-state index is 11.9. The van der Waals surface area contributed by atoms with Crippen LogP contribution in [0, 0.1) is 6.92 Å². The van der Waals surface area contributed by atoms with Crippen molar-refractivity contribution in [2.75, 3.05) is 0 Å². The van der Waals surface area contributed by atoms with E-state index < -0.39 is 11.2 Å². The summed E-state index contributed by atoms with van der Waals surface area (Å²) >= 11 is 1.45. The highest BCUT2D eigenvalue weighted by molar-refractivity contribution is 7.98. The Morgan fingerprint density at radius 2 is 1.85 bits per heavy atom. The summed E-state index contributed by atoms with van der Waals surface area (Å²) in [6.07, 6.45) is 0.166. The van der Waals surface area contributed by atoms with Crippen molar-refractivity contribution in [3.8, 4) is 0 Å². The summed E-state index contributed by atoms with van der Waals surface area (Å²) in [5.74, 6) is 1.03. The summed E-state index contributed by atoms with van der Waals surface area (Å²) in [6, 6.07) is 14.4. The lowest BCUT2D eigenvalue weighted by Gasteiger charge is -2.04. The van der Waals surface area contributed by atoms with Crippen molar-refractivity contribution in [1.29, 1.82) is 0 Å². The van der Waals surface area contributed by atoms with Gasteiger partial charge in [-0.2, -0.15) is 0 Å². The molecule has 0 radical (unpaired) electrons. The molecule has 0 aliphatic rings. The molecule has 0 aliphatic carbocycles. The average molecular weight is 380 g/mol. The van der Waals surface area contributed by atoms with E-state index >= 15 is 0 Å². The van der Waals surface area contributed by atoms with Gasteiger partial charge in [0.25, 0.3) is 10.8 Å². The largest absolute Gasteiger partial charge is 0.416 e. The number of nitrogens with one attached hydrogen (secondary N) is 2. The fourth-order valence-corrected chi connectivity index (χ4v) is 3.70. The topological polar surface area (TPSA) is 105 Å². The van der Waals surface area contributed by atoms with Crippen LogP contribution in [0.15, 0.2) is 61.7 Å². The number of nitrogens with zero attached hydrogens (tertiary/aromatic N) is 2. The maximum Gasteiger partial charge on any atom is 0.325 e. The molecule has 7 nitrogen and oxygen atoms in total. The molecule has 0 unspecified atom stereocenters. The van der Waals surface area contributed by atoms with E-state index in [1.807, 2.05) is 18.2 Å². The molecule has 136 valence electrons. The van der Waals surface area contributed by atoms with Gasteiger partial charge in [0.2, 0.25) is 5.89 Å². The first-order valence-electron chi connectivity index (χ1n) is 8.34. The number of hydrogen-bond acceptors (Lipinski definition) is 6. The number of thioether (sulfide) groups is 1. The van der Waals surface area contributed by atoms with Crippen LogP contribution in [0.5, 0.6) is 0 Å². The number of rotatable bonds is 5. The van der Waals surface area contributed by atoms with Gasteiger partial charge in [-0.1, -0.05) is 54.2 Å². The summed E-state index contributed by atoms with van der Waals surface area (Å²) in [5.41, 5.74) is 1.11. The Hall–Kier alpha value is -3.13. The van der Waals surface area contributed by atoms with Crippen LogP contribution in [0.2, 0.25) is 0 Å². The number of H-pyrrole nitrogens is 2. The van der Waals surface area contributed by atoms with Crippen molar-refractivity contribution >= 4 is 22.5 Å². The van der Waals surface area contributed by atoms with Crippen LogP contribution in [0.3, 0.4) is 0 Å². The second-order valence-electron chi connectivity index (χ2n) is 6.08. The molecule has 0 aliphatic heterocycles. The second kappa shape index (κ2) is 7.24. The molecule has 2 aromatic heterocycles. The first kappa shape index (κ1) is 17.3. The smallest absolute Gasteiger partial charge is 0.325 e. The van der Waals surface area contributed by atoms with Gasteiger partial charge in [-0.05, 0) is 23.3 Å². The quantitative estimate of drug-likeness (QED) is 0.516. The molecule has 2 N–H and O–H groups in total. The minimum atomic E-state index is -0.530. The number of fused-ring (bicyclic) bond motifs is 1. The molecule has 0 bridgehead atoms. The van der Waals surface area contributed by atoms with Crippen LogP contribution in [0.25, 0.3) is 10.8 Å². The zero-order valence-electron chi connectivity index (χ0n) is 14.5. The first-order chi connectivity index (χ1) is 13.1. The van der Waals surface area contributed by atoms with E-state index in [9.17, 15) is 9.59 Å². The summed E-state index contributed by atoms with van der Waals surface area (Å²) < 4.78 is 5.66. The van der Waals surface area contributed by atoms with Crippen LogP contribution in [-0.2, 0) is 12.2 Å². The number of hydrogen-bond donors (Lipinski definition) is 2. The number of aryl methyl sites for hydroxylation is 1. The highest BCUT2D eigenvalue weighted by Gasteiger charge is 2.13. The van der Waals surface area contributed by atoms with Crippen LogP contribution in [0.1, 0.15) is 22.7 Å². The Kier molecular flexibility index (Phi) is 4.64. The van der Waals surface area contributed by atoms with Crippen molar-refractivity contribution in [1.82, 2.24) is 20.2 Å². The van der Waals surface area contributed by atoms with Gasteiger partial charge in [0.1, 0.15) is 0 Å². The summed E-state index contributed by atoms with van der Waals surface area (Å²) in [5, 5.41) is 10.9. The molecule has 0 saturated carbocycles. The molecule has 0 amide bonds. The van der Waals surface area contributed by atoms with Gasteiger partial charge in [-0.15, -0.1) is 10.2 Å². The summed E-state index contributed by atoms with van der Waals surface area (Å²) in [4.78, 5) is 28.0. The normalized spacial score (nSPS) is 11.1. The van der Waals surface area contributed by atoms with E-state index in [1.54, 1.807) is 6.92 Å². The van der Waals surface area contributed by atoms with E-state index in [0.29, 0.717) is 28.1 Å².